The number of hydrogen-bond acceptors (Lipinski definition) is 4. The smallest absolute Gasteiger partial charge is 0.344 e. The predicted molar refractivity (Wildman–Crippen MR) is 75.0 cm³/mol. The summed E-state index contributed by atoms with van der Waals surface area (Å²) in [6, 6.07) is 12.7. The molecule has 0 atom stereocenters. The molecule has 0 N–H and O–H groups in total. The molecule has 0 aromatic heterocycles. The van der Waals surface area contributed by atoms with Crippen molar-refractivity contribution in [1.82, 2.24) is 0 Å². The number of ether oxygens (including phenoxy) is 2. The van der Waals surface area contributed by atoms with Crippen molar-refractivity contribution >= 4 is 23.1 Å². The maximum atomic E-state index is 12.1. The lowest BCUT2D eigenvalue weighted by Crippen LogP contribution is -2.10. The largest absolute Gasteiger partial charge is 0.422 e. The van der Waals surface area contributed by atoms with Crippen LogP contribution < -0.4 is 19.9 Å². The second-order valence-corrected chi connectivity index (χ2v) is 4.99. The van der Waals surface area contributed by atoms with E-state index in [1.54, 1.807) is 19.1 Å². The van der Waals surface area contributed by atoms with Gasteiger partial charge in [-0.3, -0.25) is 0 Å². The predicted octanol–water partition coefficient (Wildman–Crippen LogP) is 0.894. The molecule has 21 heavy (non-hydrogen) atoms. The summed E-state index contributed by atoms with van der Waals surface area (Å²) in [5, 5.41) is 1.34. The molecule has 0 amide bonds. The molecule has 4 heteroatoms. The number of carbonyl (C=O) groups is 2. The van der Waals surface area contributed by atoms with Crippen LogP contribution in [0.3, 0.4) is 0 Å². The number of hydrogen-bond donors (Lipinski definition) is 0. The average molecular weight is 278 g/mol. The van der Waals surface area contributed by atoms with E-state index < -0.39 is 0 Å². The Balaban J connectivity index is 2.06. The highest BCUT2D eigenvalue weighted by Gasteiger charge is 2.28. The number of rotatable bonds is 1. The molecule has 0 bridgehead atoms. The van der Waals surface area contributed by atoms with E-state index in [-0.39, 0.29) is 11.9 Å². The molecule has 2 aliphatic heterocycles. The summed E-state index contributed by atoms with van der Waals surface area (Å²) in [4.78, 5) is 23.7. The Hall–Kier alpha value is -2.88. The van der Waals surface area contributed by atoms with Gasteiger partial charge in [-0.1, -0.05) is 30.3 Å². The molecule has 2 aromatic carbocycles. The molecule has 102 valence electrons. The number of esters is 2. The Morgan fingerprint density at radius 2 is 1.43 bits per heavy atom. The van der Waals surface area contributed by atoms with E-state index in [2.05, 4.69) is 0 Å². The first-order valence-corrected chi connectivity index (χ1v) is 6.54. The summed E-state index contributed by atoms with van der Waals surface area (Å²) in [7, 11) is 0. The first-order chi connectivity index (χ1) is 10.1. The van der Waals surface area contributed by atoms with E-state index in [0.717, 1.165) is 5.56 Å². The second-order valence-electron chi connectivity index (χ2n) is 4.99. The highest BCUT2D eigenvalue weighted by atomic mass is 16.5. The van der Waals surface area contributed by atoms with Crippen LogP contribution >= 0.6 is 0 Å². The molecule has 2 heterocycles. The van der Waals surface area contributed by atoms with Crippen molar-refractivity contribution in [3.63, 3.8) is 0 Å². The molecule has 0 unspecified atom stereocenters. The minimum atomic E-state index is -0.385. The minimum Gasteiger partial charge on any atom is -0.422 e. The molecule has 0 aliphatic carbocycles. The summed E-state index contributed by atoms with van der Waals surface area (Å²) in [6.45, 7) is 1.69. The highest BCUT2D eigenvalue weighted by Crippen LogP contribution is 2.24. The van der Waals surface area contributed by atoms with Crippen molar-refractivity contribution in [2.45, 2.75) is 6.92 Å². The van der Waals surface area contributed by atoms with E-state index >= 15 is 0 Å². The molecule has 0 radical (unpaired) electrons. The quantitative estimate of drug-likeness (QED) is 0.574. The van der Waals surface area contributed by atoms with Gasteiger partial charge in [-0.2, -0.15) is 0 Å². The van der Waals surface area contributed by atoms with E-state index in [1.807, 2.05) is 30.3 Å². The minimum absolute atomic E-state index is 0.360. The van der Waals surface area contributed by atoms with Gasteiger partial charge in [0.2, 0.25) is 0 Å². The SMILES string of the molecule is CC1=c2cc3c(cc2OC1=O)=C(c1ccccc1)C(=O)O3. The summed E-state index contributed by atoms with van der Waals surface area (Å²) in [5.74, 6) is 0.198. The summed E-state index contributed by atoms with van der Waals surface area (Å²) < 4.78 is 10.5. The van der Waals surface area contributed by atoms with E-state index in [0.29, 0.717) is 33.1 Å². The van der Waals surface area contributed by atoms with Crippen LogP contribution in [0.2, 0.25) is 0 Å². The van der Waals surface area contributed by atoms with Gasteiger partial charge < -0.3 is 9.47 Å². The van der Waals surface area contributed by atoms with Crippen LogP contribution in [-0.2, 0) is 9.59 Å². The molecule has 0 spiro atoms. The summed E-state index contributed by atoms with van der Waals surface area (Å²) in [6.07, 6.45) is 0. The van der Waals surface area contributed by atoms with Gasteiger partial charge in [0, 0.05) is 16.0 Å². The molecule has 0 saturated heterocycles. The standard InChI is InChI=1S/C17H10O4/c1-9-11-7-14-12(8-13(11)20-16(9)18)15(17(19)21-14)10-5-3-2-4-6-10/h2-8H,1H3. The third-order valence-corrected chi connectivity index (χ3v) is 3.73. The molecule has 0 saturated carbocycles. The van der Waals surface area contributed by atoms with Crippen molar-refractivity contribution in [1.29, 1.82) is 0 Å². The second kappa shape index (κ2) is 4.06. The van der Waals surface area contributed by atoms with Crippen molar-refractivity contribution in [3.8, 4) is 11.5 Å². The first kappa shape index (κ1) is 11.9. The fourth-order valence-corrected chi connectivity index (χ4v) is 2.64. The monoisotopic (exact) mass is 278 g/mol. The number of fused-ring (bicyclic) bond motifs is 2. The van der Waals surface area contributed by atoms with Crippen LogP contribution in [0.4, 0.5) is 0 Å². The van der Waals surface area contributed by atoms with Gasteiger partial charge in [0.1, 0.15) is 11.5 Å². The van der Waals surface area contributed by atoms with Crippen molar-refractivity contribution in [2.24, 2.45) is 0 Å². The van der Waals surface area contributed by atoms with Crippen molar-refractivity contribution in [2.75, 3.05) is 0 Å². The van der Waals surface area contributed by atoms with Crippen LogP contribution in [0.1, 0.15) is 12.5 Å². The zero-order valence-electron chi connectivity index (χ0n) is 11.2. The normalized spacial score (nSPS) is 15.7. The van der Waals surface area contributed by atoms with Crippen LogP contribution in [0.15, 0.2) is 42.5 Å². The van der Waals surface area contributed by atoms with Crippen LogP contribution in [-0.4, -0.2) is 11.9 Å². The molecule has 0 fully saturated rings. The van der Waals surface area contributed by atoms with Crippen LogP contribution in [0, 0.1) is 0 Å². The van der Waals surface area contributed by atoms with E-state index in [9.17, 15) is 9.59 Å². The highest BCUT2D eigenvalue weighted by molar-refractivity contribution is 6.19. The lowest BCUT2D eigenvalue weighted by molar-refractivity contribution is -0.128. The maximum absolute atomic E-state index is 12.1. The van der Waals surface area contributed by atoms with Gasteiger partial charge in [0.25, 0.3) is 0 Å². The van der Waals surface area contributed by atoms with Crippen molar-refractivity contribution in [3.05, 3.63) is 58.5 Å². The van der Waals surface area contributed by atoms with Gasteiger partial charge in [0.15, 0.2) is 0 Å². The fourth-order valence-electron chi connectivity index (χ4n) is 2.64. The Morgan fingerprint density at radius 3 is 2.19 bits per heavy atom. The zero-order chi connectivity index (χ0) is 14.6. The Kier molecular flexibility index (Phi) is 2.30. The van der Waals surface area contributed by atoms with Crippen LogP contribution in [0.5, 0.6) is 11.5 Å². The fraction of sp³-hybridized carbons (Fsp3) is 0.0588. The van der Waals surface area contributed by atoms with Crippen LogP contribution in [0.25, 0.3) is 11.1 Å². The van der Waals surface area contributed by atoms with Gasteiger partial charge in [-0.15, -0.1) is 0 Å². The van der Waals surface area contributed by atoms with Crippen molar-refractivity contribution < 1.29 is 19.1 Å². The third-order valence-electron chi connectivity index (χ3n) is 3.73. The Labute approximate surface area is 119 Å². The van der Waals surface area contributed by atoms with Gasteiger partial charge in [-0.05, 0) is 24.6 Å². The molecule has 4 nitrogen and oxygen atoms in total. The van der Waals surface area contributed by atoms with E-state index in [1.165, 1.54) is 0 Å². The number of benzene rings is 2. The molecule has 4 rings (SSSR count). The lowest BCUT2D eigenvalue weighted by atomic mass is 10.0. The molecular formula is C17H10O4. The summed E-state index contributed by atoms with van der Waals surface area (Å²) in [5.41, 5.74) is 1.80. The third kappa shape index (κ3) is 1.62. The molecule has 2 aliphatic rings. The van der Waals surface area contributed by atoms with Gasteiger partial charge in [0.05, 0.1) is 5.57 Å². The van der Waals surface area contributed by atoms with E-state index in [4.69, 9.17) is 9.47 Å². The summed E-state index contributed by atoms with van der Waals surface area (Å²) >= 11 is 0. The molecular weight excluding hydrogens is 268 g/mol. The first-order valence-electron chi connectivity index (χ1n) is 6.54. The molecule has 2 aromatic rings. The van der Waals surface area contributed by atoms with Gasteiger partial charge in [-0.25, -0.2) is 9.59 Å². The lowest BCUT2D eigenvalue weighted by Gasteiger charge is -1.98. The average Bonchev–Trinajstić information content (AvgIpc) is 2.94. The topological polar surface area (TPSA) is 52.6 Å². The Bertz CT molecular complexity index is 923. The zero-order valence-corrected chi connectivity index (χ0v) is 11.2. The maximum Gasteiger partial charge on any atom is 0.344 e. The Morgan fingerprint density at radius 1 is 0.810 bits per heavy atom. The van der Waals surface area contributed by atoms with Gasteiger partial charge >= 0.3 is 11.9 Å². The number of carbonyl (C=O) groups excluding carboxylic acids is 2.